The summed E-state index contributed by atoms with van der Waals surface area (Å²) in [6, 6.07) is 3.41. The average molecular weight is 317 g/mol. The summed E-state index contributed by atoms with van der Waals surface area (Å²) >= 11 is 11.7. The third-order valence-corrected chi connectivity index (χ3v) is 3.76. The highest BCUT2D eigenvalue weighted by molar-refractivity contribution is 6.35. The SMILES string of the molecule is CC1CCN(C(=O)Nc2cc(Cl)cc(Cl)c2)C1C(=O)O. The van der Waals surface area contributed by atoms with Gasteiger partial charge in [-0.25, -0.2) is 9.59 Å². The molecule has 2 amide bonds. The molecule has 0 bridgehead atoms. The van der Waals surface area contributed by atoms with Crippen LogP contribution in [0, 0.1) is 5.92 Å². The van der Waals surface area contributed by atoms with Gasteiger partial charge in [0.05, 0.1) is 0 Å². The summed E-state index contributed by atoms with van der Waals surface area (Å²) in [5.41, 5.74) is 0.441. The lowest BCUT2D eigenvalue weighted by Gasteiger charge is -2.23. The molecule has 1 aromatic rings. The van der Waals surface area contributed by atoms with E-state index in [1.807, 2.05) is 6.92 Å². The Hall–Kier alpha value is -1.46. The van der Waals surface area contributed by atoms with E-state index in [1.165, 1.54) is 4.90 Å². The van der Waals surface area contributed by atoms with Crippen LogP contribution in [0.5, 0.6) is 0 Å². The number of nitrogens with one attached hydrogen (secondary N) is 1. The number of halogens is 2. The first-order chi connectivity index (χ1) is 9.38. The lowest BCUT2D eigenvalue weighted by Crippen LogP contribution is -2.44. The topological polar surface area (TPSA) is 69.6 Å². The Morgan fingerprint density at radius 3 is 2.45 bits per heavy atom. The Morgan fingerprint density at radius 1 is 1.30 bits per heavy atom. The summed E-state index contributed by atoms with van der Waals surface area (Å²) < 4.78 is 0. The quantitative estimate of drug-likeness (QED) is 0.879. The van der Waals surface area contributed by atoms with E-state index in [4.69, 9.17) is 23.2 Å². The average Bonchev–Trinajstić information content (AvgIpc) is 2.69. The van der Waals surface area contributed by atoms with Crippen molar-refractivity contribution < 1.29 is 14.7 Å². The molecule has 1 aliphatic rings. The highest BCUT2D eigenvalue weighted by Gasteiger charge is 2.39. The van der Waals surface area contributed by atoms with Crippen molar-refractivity contribution >= 4 is 40.9 Å². The van der Waals surface area contributed by atoms with E-state index in [-0.39, 0.29) is 5.92 Å². The molecule has 7 heteroatoms. The smallest absolute Gasteiger partial charge is 0.326 e. The third-order valence-electron chi connectivity index (χ3n) is 3.33. The first kappa shape index (κ1) is 14.9. The van der Waals surface area contributed by atoms with Gasteiger partial charge in [0.15, 0.2) is 0 Å². The van der Waals surface area contributed by atoms with E-state index in [9.17, 15) is 14.7 Å². The molecule has 0 aromatic heterocycles. The molecular weight excluding hydrogens is 303 g/mol. The molecule has 2 atom stereocenters. The monoisotopic (exact) mass is 316 g/mol. The van der Waals surface area contributed by atoms with Gasteiger partial charge in [-0.1, -0.05) is 30.1 Å². The van der Waals surface area contributed by atoms with Crippen LogP contribution in [-0.2, 0) is 4.79 Å². The zero-order valence-electron chi connectivity index (χ0n) is 10.8. The molecule has 1 saturated heterocycles. The number of benzene rings is 1. The Morgan fingerprint density at radius 2 is 1.90 bits per heavy atom. The second kappa shape index (κ2) is 5.89. The normalized spacial score (nSPS) is 21.9. The van der Waals surface area contributed by atoms with Crippen LogP contribution in [0.25, 0.3) is 0 Å². The summed E-state index contributed by atoms with van der Waals surface area (Å²) in [5, 5.41) is 12.6. The maximum atomic E-state index is 12.2. The number of carboxylic acid groups (broad SMARTS) is 1. The Bertz CT molecular complexity index is 530. The van der Waals surface area contributed by atoms with Crippen LogP contribution in [0.1, 0.15) is 13.3 Å². The minimum absolute atomic E-state index is 0.0683. The molecule has 0 saturated carbocycles. The predicted octanol–water partition coefficient (Wildman–Crippen LogP) is 3.32. The van der Waals surface area contributed by atoms with Crippen LogP contribution >= 0.6 is 23.2 Å². The van der Waals surface area contributed by atoms with Gasteiger partial charge in [-0.2, -0.15) is 0 Å². The number of aliphatic carboxylic acids is 1. The van der Waals surface area contributed by atoms with E-state index < -0.39 is 18.0 Å². The van der Waals surface area contributed by atoms with Crippen molar-refractivity contribution in [3.8, 4) is 0 Å². The molecular formula is C13H14Cl2N2O3. The minimum Gasteiger partial charge on any atom is -0.480 e. The number of likely N-dealkylation sites (tertiary alicyclic amines) is 1. The molecule has 1 aliphatic heterocycles. The number of anilines is 1. The Balaban J connectivity index is 2.13. The van der Waals surface area contributed by atoms with E-state index in [0.717, 1.165) is 0 Å². The van der Waals surface area contributed by atoms with Crippen LogP contribution < -0.4 is 5.32 Å². The molecule has 0 spiro atoms. The highest BCUT2D eigenvalue weighted by Crippen LogP contribution is 2.26. The number of carbonyl (C=O) groups excluding carboxylic acids is 1. The van der Waals surface area contributed by atoms with Crippen LogP contribution in [0.2, 0.25) is 10.0 Å². The molecule has 1 heterocycles. The molecule has 2 rings (SSSR count). The van der Waals surface area contributed by atoms with Gasteiger partial charge >= 0.3 is 12.0 Å². The van der Waals surface area contributed by atoms with Crippen molar-refractivity contribution in [1.82, 2.24) is 4.90 Å². The minimum atomic E-state index is -0.991. The number of amides is 2. The zero-order chi connectivity index (χ0) is 14.9. The van der Waals surface area contributed by atoms with Gasteiger partial charge in [-0.05, 0) is 30.5 Å². The second-order valence-electron chi connectivity index (χ2n) is 4.83. The molecule has 0 radical (unpaired) electrons. The molecule has 1 fully saturated rings. The Kier molecular flexibility index (Phi) is 4.40. The lowest BCUT2D eigenvalue weighted by atomic mass is 10.0. The largest absolute Gasteiger partial charge is 0.480 e. The van der Waals surface area contributed by atoms with Crippen LogP contribution in [-0.4, -0.2) is 34.6 Å². The molecule has 1 aromatic carbocycles. The number of rotatable bonds is 2. The van der Waals surface area contributed by atoms with Gasteiger partial charge in [0.1, 0.15) is 6.04 Å². The van der Waals surface area contributed by atoms with Gasteiger partial charge in [0.2, 0.25) is 0 Å². The third kappa shape index (κ3) is 3.16. The van der Waals surface area contributed by atoms with Crippen molar-refractivity contribution in [3.05, 3.63) is 28.2 Å². The summed E-state index contributed by atoms with van der Waals surface area (Å²) in [5.74, 6) is -1.06. The van der Waals surface area contributed by atoms with E-state index in [0.29, 0.717) is 28.7 Å². The molecule has 2 unspecified atom stereocenters. The fraction of sp³-hybridized carbons (Fsp3) is 0.385. The number of hydrogen-bond donors (Lipinski definition) is 2. The zero-order valence-corrected chi connectivity index (χ0v) is 12.3. The fourth-order valence-electron chi connectivity index (χ4n) is 2.37. The second-order valence-corrected chi connectivity index (χ2v) is 5.70. The van der Waals surface area contributed by atoms with E-state index in [1.54, 1.807) is 18.2 Å². The van der Waals surface area contributed by atoms with Crippen molar-refractivity contribution in [2.75, 3.05) is 11.9 Å². The highest BCUT2D eigenvalue weighted by atomic mass is 35.5. The number of carboxylic acids is 1. The summed E-state index contributed by atoms with van der Waals surface area (Å²) in [6.45, 7) is 2.24. The molecule has 20 heavy (non-hydrogen) atoms. The number of hydrogen-bond acceptors (Lipinski definition) is 2. The summed E-state index contributed by atoms with van der Waals surface area (Å²) in [4.78, 5) is 24.7. The van der Waals surface area contributed by atoms with Crippen molar-refractivity contribution in [2.24, 2.45) is 5.92 Å². The van der Waals surface area contributed by atoms with Crippen LogP contribution in [0.15, 0.2) is 18.2 Å². The molecule has 0 aliphatic carbocycles. The van der Waals surface area contributed by atoms with Crippen molar-refractivity contribution in [2.45, 2.75) is 19.4 Å². The summed E-state index contributed by atoms with van der Waals surface area (Å²) in [7, 11) is 0. The van der Waals surface area contributed by atoms with Crippen LogP contribution in [0.4, 0.5) is 10.5 Å². The predicted molar refractivity (Wildman–Crippen MR) is 77.4 cm³/mol. The van der Waals surface area contributed by atoms with Gasteiger partial charge < -0.3 is 15.3 Å². The van der Waals surface area contributed by atoms with Crippen molar-refractivity contribution in [3.63, 3.8) is 0 Å². The Labute approximate surface area is 126 Å². The van der Waals surface area contributed by atoms with E-state index in [2.05, 4.69) is 5.32 Å². The first-order valence-corrected chi connectivity index (χ1v) is 6.90. The number of nitrogens with zero attached hydrogens (tertiary/aromatic N) is 1. The van der Waals surface area contributed by atoms with Gasteiger partial charge in [-0.3, -0.25) is 0 Å². The van der Waals surface area contributed by atoms with Gasteiger partial charge in [0.25, 0.3) is 0 Å². The molecule has 5 nitrogen and oxygen atoms in total. The van der Waals surface area contributed by atoms with Crippen LogP contribution in [0.3, 0.4) is 0 Å². The fourth-order valence-corrected chi connectivity index (χ4v) is 2.90. The maximum Gasteiger partial charge on any atom is 0.326 e. The number of urea groups is 1. The first-order valence-electron chi connectivity index (χ1n) is 6.15. The van der Waals surface area contributed by atoms with Gasteiger partial charge in [-0.15, -0.1) is 0 Å². The maximum absolute atomic E-state index is 12.2. The molecule has 2 N–H and O–H groups in total. The summed E-state index contributed by atoms with van der Waals surface area (Å²) in [6.07, 6.45) is 0.667. The molecule has 108 valence electrons. The van der Waals surface area contributed by atoms with Crippen molar-refractivity contribution in [1.29, 1.82) is 0 Å². The standard InChI is InChI=1S/C13H14Cl2N2O3/c1-7-2-3-17(11(7)12(18)19)13(20)16-10-5-8(14)4-9(15)6-10/h4-7,11H,2-3H2,1H3,(H,16,20)(H,18,19). The van der Waals surface area contributed by atoms with E-state index >= 15 is 0 Å². The lowest BCUT2D eigenvalue weighted by molar-refractivity contribution is -0.142. The number of carbonyl (C=O) groups is 2. The van der Waals surface area contributed by atoms with Gasteiger partial charge in [0, 0.05) is 22.3 Å².